The summed E-state index contributed by atoms with van der Waals surface area (Å²) in [5.74, 6) is 3.28. The molecule has 2 aliphatic rings. The number of hydrogen-bond donors (Lipinski definition) is 1. The zero-order valence-electron chi connectivity index (χ0n) is 20.6. The molecule has 0 aliphatic heterocycles. The minimum Gasteiger partial charge on any atom is -0.497 e. The highest BCUT2D eigenvalue weighted by molar-refractivity contribution is 5.91. The Labute approximate surface area is 205 Å². The molecular weight excluding hydrogens is 440 g/mol. The van der Waals surface area contributed by atoms with Gasteiger partial charge in [0.1, 0.15) is 22.7 Å². The SMILES string of the molecule is C=C(OC)c1cc(OC)c2c(c1)nc(-c1cc3cccnc3n1CC1CC1)n2CC1CC(C)(O)C1. The van der Waals surface area contributed by atoms with Gasteiger partial charge in [-0.3, -0.25) is 0 Å². The molecule has 2 aliphatic carbocycles. The summed E-state index contributed by atoms with van der Waals surface area (Å²) in [5, 5.41) is 11.5. The minimum absolute atomic E-state index is 0.374. The molecule has 0 unspecified atom stereocenters. The average molecular weight is 473 g/mol. The molecule has 35 heavy (non-hydrogen) atoms. The number of methoxy groups -OCH3 is 2. The maximum Gasteiger partial charge on any atom is 0.158 e. The first kappa shape index (κ1) is 22.2. The molecule has 7 heteroatoms. The predicted octanol–water partition coefficient (Wildman–Crippen LogP) is 5.25. The lowest BCUT2D eigenvalue weighted by atomic mass is 9.72. The number of fused-ring (bicyclic) bond motifs is 2. The number of imidazole rings is 1. The van der Waals surface area contributed by atoms with E-state index in [1.807, 2.05) is 31.3 Å². The van der Waals surface area contributed by atoms with Gasteiger partial charge in [-0.15, -0.1) is 0 Å². The molecule has 4 aromatic rings. The molecule has 1 aromatic carbocycles. The van der Waals surface area contributed by atoms with Crippen LogP contribution in [0.15, 0.2) is 43.1 Å². The number of hydrogen-bond acceptors (Lipinski definition) is 5. The van der Waals surface area contributed by atoms with E-state index in [1.54, 1.807) is 14.2 Å². The zero-order chi connectivity index (χ0) is 24.3. The fourth-order valence-electron chi connectivity index (χ4n) is 5.62. The summed E-state index contributed by atoms with van der Waals surface area (Å²) in [6, 6.07) is 10.3. The maximum atomic E-state index is 10.4. The van der Waals surface area contributed by atoms with E-state index in [1.165, 1.54) is 12.8 Å². The number of pyridine rings is 1. The van der Waals surface area contributed by atoms with Gasteiger partial charge in [-0.25, -0.2) is 9.97 Å². The van der Waals surface area contributed by atoms with Crippen LogP contribution in [0.4, 0.5) is 0 Å². The molecule has 0 amide bonds. The van der Waals surface area contributed by atoms with Crippen molar-refractivity contribution < 1.29 is 14.6 Å². The smallest absolute Gasteiger partial charge is 0.158 e. The van der Waals surface area contributed by atoms with Gasteiger partial charge in [0.25, 0.3) is 0 Å². The summed E-state index contributed by atoms with van der Waals surface area (Å²) in [7, 11) is 3.31. The summed E-state index contributed by atoms with van der Waals surface area (Å²) in [6.45, 7) is 7.65. The Bertz CT molecular complexity index is 1440. The van der Waals surface area contributed by atoms with Crippen molar-refractivity contribution in [2.45, 2.75) is 51.3 Å². The number of rotatable bonds is 8. The van der Waals surface area contributed by atoms with Crippen molar-refractivity contribution in [3.05, 3.63) is 48.7 Å². The third kappa shape index (κ3) is 3.88. The van der Waals surface area contributed by atoms with E-state index in [-0.39, 0.29) is 0 Å². The molecule has 0 spiro atoms. The second kappa shape index (κ2) is 8.12. The fourth-order valence-corrected chi connectivity index (χ4v) is 5.62. The topological polar surface area (TPSA) is 74.3 Å². The molecular formula is C28H32N4O3. The van der Waals surface area contributed by atoms with Gasteiger partial charge in [-0.2, -0.15) is 0 Å². The largest absolute Gasteiger partial charge is 0.497 e. The van der Waals surface area contributed by atoms with E-state index in [0.29, 0.717) is 17.6 Å². The molecule has 1 N–H and O–H groups in total. The monoisotopic (exact) mass is 472 g/mol. The van der Waals surface area contributed by atoms with Gasteiger partial charge < -0.3 is 23.7 Å². The van der Waals surface area contributed by atoms with Crippen molar-refractivity contribution in [3.8, 4) is 17.3 Å². The van der Waals surface area contributed by atoms with Crippen LogP contribution in [0.2, 0.25) is 0 Å². The second-order valence-corrected chi connectivity index (χ2v) is 10.5. The normalized spacial score (nSPS) is 21.9. The Morgan fingerprint density at radius 2 is 1.91 bits per heavy atom. The van der Waals surface area contributed by atoms with Crippen molar-refractivity contribution in [2.75, 3.05) is 14.2 Å². The molecule has 182 valence electrons. The lowest BCUT2D eigenvalue weighted by molar-refractivity contribution is -0.0613. The van der Waals surface area contributed by atoms with Crippen LogP contribution in [0.3, 0.4) is 0 Å². The molecule has 7 nitrogen and oxygen atoms in total. The van der Waals surface area contributed by atoms with Crippen molar-refractivity contribution in [1.82, 2.24) is 19.1 Å². The van der Waals surface area contributed by atoms with Gasteiger partial charge in [0, 0.05) is 30.2 Å². The van der Waals surface area contributed by atoms with Crippen molar-refractivity contribution in [3.63, 3.8) is 0 Å². The molecule has 0 radical (unpaired) electrons. The van der Waals surface area contributed by atoms with Crippen LogP contribution in [0.25, 0.3) is 39.3 Å². The lowest BCUT2D eigenvalue weighted by Gasteiger charge is -2.41. The van der Waals surface area contributed by atoms with Gasteiger partial charge in [0.05, 0.1) is 31.0 Å². The highest BCUT2D eigenvalue weighted by atomic mass is 16.5. The molecule has 2 saturated carbocycles. The van der Waals surface area contributed by atoms with Gasteiger partial charge in [0.2, 0.25) is 0 Å². The minimum atomic E-state index is -0.584. The van der Waals surface area contributed by atoms with Gasteiger partial charge in [-0.1, -0.05) is 6.58 Å². The van der Waals surface area contributed by atoms with Crippen LogP contribution in [-0.2, 0) is 17.8 Å². The van der Waals surface area contributed by atoms with Crippen molar-refractivity contribution in [2.24, 2.45) is 11.8 Å². The van der Waals surface area contributed by atoms with Crippen molar-refractivity contribution in [1.29, 1.82) is 0 Å². The predicted molar refractivity (Wildman–Crippen MR) is 137 cm³/mol. The molecule has 3 aromatic heterocycles. The molecule has 0 atom stereocenters. The van der Waals surface area contributed by atoms with Crippen molar-refractivity contribution >= 4 is 27.8 Å². The highest BCUT2D eigenvalue weighted by Gasteiger charge is 2.39. The van der Waals surface area contributed by atoms with E-state index in [2.05, 4.69) is 27.8 Å². The third-order valence-corrected chi connectivity index (χ3v) is 7.52. The van der Waals surface area contributed by atoms with Gasteiger partial charge in [0.15, 0.2) is 5.82 Å². The second-order valence-electron chi connectivity index (χ2n) is 10.5. The van der Waals surface area contributed by atoms with Crippen LogP contribution in [-0.4, -0.2) is 44.0 Å². The summed E-state index contributed by atoms with van der Waals surface area (Å²) in [5.41, 5.74) is 4.13. The van der Waals surface area contributed by atoms with E-state index in [0.717, 1.165) is 70.8 Å². The highest BCUT2D eigenvalue weighted by Crippen LogP contribution is 2.42. The molecule has 6 rings (SSSR count). The quantitative estimate of drug-likeness (QED) is 0.355. The Balaban J connectivity index is 1.57. The van der Waals surface area contributed by atoms with Crippen LogP contribution < -0.4 is 4.74 Å². The number of aromatic nitrogens is 4. The average Bonchev–Trinajstić information content (AvgIpc) is 3.48. The number of ether oxygens (including phenoxy) is 2. The summed E-state index contributed by atoms with van der Waals surface area (Å²) in [4.78, 5) is 9.90. The number of nitrogens with zero attached hydrogens (tertiary/aromatic N) is 4. The summed E-state index contributed by atoms with van der Waals surface area (Å²) < 4.78 is 15.9. The lowest BCUT2D eigenvalue weighted by Crippen LogP contribution is -2.42. The molecule has 2 fully saturated rings. The first-order valence-corrected chi connectivity index (χ1v) is 12.4. The van der Waals surface area contributed by atoms with Crippen LogP contribution in [0, 0.1) is 11.8 Å². The van der Waals surface area contributed by atoms with Crippen LogP contribution >= 0.6 is 0 Å². The first-order valence-electron chi connectivity index (χ1n) is 12.4. The third-order valence-electron chi connectivity index (χ3n) is 7.52. The zero-order valence-corrected chi connectivity index (χ0v) is 20.6. The van der Waals surface area contributed by atoms with Crippen LogP contribution in [0.5, 0.6) is 5.75 Å². The standard InChI is InChI=1S/C28H32N4O3/c1-17(34-3)21-10-22-25(24(12-21)35-4)32(16-19-13-28(2,33)14-19)27(30-22)23-11-20-6-5-9-29-26(20)31(23)15-18-7-8-18/h5-6,9-12,18-19,33H,1,7-8,13-16H2,2-4H3. The molecule has 0 saturated heterocycles. The summed E-state index contributed by atoms with van der Waals surface area (Å²) >= 11 is 0. The first-order chi connectivity index (χ1) is 16.9. The van der Waals surface area contributed by atoms with E-state index in [4.69, 9.17) is 19.4 Å². The fraction of sp³-hybridized carbons (Fsp3) is 0.429. The maximum absolute atomic E-state index is 10.4. The molecule has 3 heterocycles. The van der Waals surface area contributed by atoms with Gasteiger partial charge in [-0.05, 0) is 74.8 Å². The van der Waals surface area contributed by atoms with Crippen LogP contribution in [0.1, 0.15) is 38.2 Å². The Kier molecular flexibility index (Phi) is 5.14. The number of benzene rings is 1. The Hall–Kier alpha value is -3.32. The molecule has 0 bridgehead atoms. The summed E-state index contributed by atoms with van der Waals surface area (Å²) in [6.07, 6.45) is 5.94. The van der Waals surface area contributed by atoms with E-state index < -0.39 is 5.60 Å². The Morgan fingerprint density at radius 3 is 2.60 bits per heavy atom. The van der Waals surface area contributed by atoms with Gasteiger partial charge >= 0.3 is 0 Å². The van der Waals surface area contributed by atoms with E-state index in [9.17, 15) is 5.11 Å². The van der Waals surface area contributed by atoms with E-state index >= 15 is 0 Å². The number of aliphatic hydroxyl groups is 1. The Morgan fingerprint density at radius 1 is 1.14 bits per heavy atom.